The van der Waals surface area contributed by atoms with Gasteiger partial charge in [0, 0.05) is 38.4 Å². The van der Waals surface area contributed by atoms with Crippen molar-refractivity contribution in [1.82, 2.24) is 9.88 Å². The summed E-state index contributed by atoms with van der Waals surface area (Å²) in [5.74, 6) is 0.452. The van der Waals surface area contributed by atoms with E-state index in [-0.39, 0.29) is 24.1 Å². The number of fused-ring (bicyclic) bond motifs is 1. The second-order valence-electron chi connectivity index (χ2n) is 7.59. The molecule has 0 spiro atoms. The van der Waals surface area contributed by atoms with Crippen molar-refractivity contribution in [2.24, 2.45) is 11.8 Å². The highest BCUT2D eigenvalue weighted by atomic mass is 16.4. The summed E-state index contributed by atoms with van der Waals surface area (Å²) in [6.45, 7) is 5.76. The number of benzene rings is 1. The minimum absolute atomic E-state index is 0.0568. The summed E-state index contributed by atoms with van der Waals surface area (Å²) in [4.78, 5) is 40.3. The molecule has 1 aromatic carbocycles. The molecule has 0 unspecified atom stereocenters. The van der Waals surface area contributed by atoms with Crippen LogP contribution in [0.4, 0.5) is 5.82 Å². The molecule has 1 aromatic heterocycles. The van der Waals surface area contributed by atoms with Gasteiger partial charge in [-0.25, -0.2) is 9.78 Å². The summed E-state index contributed by atoms with van der Waals surface area (Å²) in [6, 6.07) is 13.4. The van der Waals surface area contributed by atoms with Gasteiger partial charge in [0.15, 0.2) is 5.69 Å². The molecule has 0 bridgehead atoms. The predicted molar refractivity (Wildman–Crippen MR) is 110 cm³/mol. The molecule has 8 heteroatoms. The monoisotopic (exact) mass is 411 g/mol. The van der Waals surface area contributed by atoms with Crippen molar-refractivity contribution in [3.05, 3.63) is 59.3 Å². The number of anilines is 1. The summed E-state index contributed by atoms with van der Waals surface area (Å²) < 4.78 is 0. The van der Waals surface area contributed by atoms with E-state index in [0.29, 0.717) is 17.7 Å². The smallest absolute Gasteiger partial charge is 0.354 e. The van der Waals surface area contributed by atoms with Crippen molar-refractivity contribution in [1.29, 1.82) is 0 Å². The Kier molecular flexibility index (Phi) is 6.34. The van der Waals surface area contributed by atoms with E-state index >= 15 is 0 Å². The van der Waals surface area contributed by atoms with Gasteiger partial charge in [-0.05, 0) is 30.2 Å². The number of pyridine rings is 1. The van der Waals surface area contributed by atoms with Crippen LogP contribution in [0.1, 0.15) is 34.6 Å². The number of rotatable bonds is 3. The highest BCUT2D eigenvalue weighted by molar-refractivity contribution is 5.85. The zero-order valence-electron chi connectivity index (χ0n) is 16.9. The highest BCUT2D eigenvalue weighted by Crippen LogP contribution is 2.46. The zero-order chi connectivity index (χ0) is 21.8. The van der Waals surface area contributed by atoms with Gasteiger partial charge in [-0.15, -0.1) is 0 Å². The van der Waals surface area contributed by atoms with Gasteiger partial charge in [0.2, 0.25) is 5.91 Å². The van der Waals surface area contributed by atoms with E-state index in [4.69, 9.17) is 9.90 Å². The maximum atomic E-state index is 12.3. The van der Waals surface area contributed by atoms with E-state index in [1.165, 1.54) is 17.2 Å². The number of likely N-dealkylation sites (tertiary alicyclic amines) is 1. The number of carboxylic acids is 1. The molecular formula is C22H25N3O5. The molecule has 2 aliphatic rings. The van der Waals surface area contributed by atoms with Crippen molar-refractivity contribution in [3.63, 3.8) is 0 Å². The van der Waals surface area contributed by atoms with Gasteiger partial charge >= 0.3 is 5.97 Å². The summed E-state index contributed by atoms with van der Waals surface area (Å²) in [5, 5.41) is 16.1. The molecule has 2 saturated heterocycles. The molecule has 0 aliphatic carbocycles. The molecule has 0 radical (unpaired) electrons. The van der Waals surface area contributed by atoms with E-state index in [1.807, 2.05) is 23.1 Å². The van der Waals surface area contributed by atoms with Crippen LogP contribution in [0.2, 0.25) is 0 Å². The largest absolute Gasteiger partial charge is 0.483 e. The topological polar surface area (TPSA) is 111 Å². The van der Waals surface area contributed by atoms with E-state index in [0.717, 1.165) is 19.6 Å². The third-order valence-electron chi connectivity index (χ3n) is 5.85. The molecule has 1 amide bonds. The van der Waals surface area contributed by atoms with Crippen LogP contribution in [0.25, 0.3) is 0 Å². The summed E-state index contributed by atoms with van der Waals surface area (Å²) in [6.07, 6.45) is 0. The average Bonchev–Trinajstić information content (AvgIpc) is 3.27. The number of aromatic nitrogens is 1. The SMILES string of the molecule is CC(=O)N1C[C@H]2CN(c3cccc(C(=O)O)n3)C[C@H]2[C@H]1c1ccccc1C.O=CO. The number of hydrogen-bond donors (Lipinski definition) is 2. The Balaban J connectivity index is 0.000000806. The van der Waals surface area contributed by atoms with Crippen LogP contribution in [0, 0.1) is 18.8 Å². The molecule has 3 atom stereocenters. The zero-order valence-corrected chi connectivity index (χ0v) is 16.9. The quantitative estimate of drug-likeness (QED) is 0.746. The van der Waals surface area contributed by atoms with Crippen molar-refractivity contribution in [3.8, 4) is 0 Å². The first-order valence-corrected chi connectivity index (χ1v) is 9.73. The number of hydrogen-bond acceptors (Lipinski definition) is 5. The number of carboxylic acid groups (broad SMARTS) is 2. The summed E-state index contributed by atoms with van der Waals surface area (Å²) >= 11 is 0. The van der Waals surface area contributed by atoms with Crippen LogP contribution in [-0.4, -0.2) is 58.1 Å². The number of aromatic carboxylic acids is 1. The molecule has 2 aliphatic heterocycles. The first kappa shape index (κ1) is 21.3. The van der Waals surface area contributed by atoms with Gasteiger partial charge < -0.3 is 20.0 Å². The molecular weight excluding hydrogens is 386 g/mol. The second kappa shape index (κ2) is 8.94. The van der Waals surface area contributed by atoms with Crippen LogP contribution in [0.15, 0.2) is 42.5 Å². The Labute approximate surface area is 174 Å². The predicted octanol–water partition coefficient (Wildman–Crippen LogP) is 2.44. The normalized spacial score (nSPS) is 22.1. The second-order valence-corrected chi connectivity index (χ2v) is 7.59. The fourth-order valence-corrected chi connectivity index (χ4v) is 4.59. The number of aryl methyl sites for hydroxylation is 1. The third-order valence-corrected chi connectivity index (χ3v) is 5.85. The highest BCUT2D eigenvalue weighted by Gasteiger charge is 2.49. The van der Waals surface area contributed by atoms with Crippen LogP contribution in [0.5, 0.6) is 0 Å². The number of amides is 1. The molecule has 0 saturated carbocycles. The van der Waals surface area contributed by atoms with Crippen LogP contribution in [0.3, 0.4) is 0 Å². The summed E-state index contributed by atoms with van der Waals surface area (Å²) in [5.41, 5.74) is 2.46. The lowest BCUT2D eigenvalue weighted by molar-refractivity contribution is -0.130. The molecule has 2 N–H and O–H groups in total. The third kappa shape index (κ3) is 4.12. The Morgan fingerprint density at radius 2 is 1.80 bits per heavy atom. The Morgan fingerprint density at radius 3 is 2.43 bits per heavy atom. The van der Waals surface area contributed by atoms with Gasteiger partial charge in [0.25, 0.3) is 6.47 Å². The lowest BCUT2D eigenvalue weighted by atomic mass is 9.87. The van der Waals surface area contributed by atoms with E-state index < -0.39 is 5.97 Å². The van der Waals surface area contributed by atoms with Crippen molar-refractivity contribution in [2.75, 3.05) is 24.5 Å². The maximum Gasteiger partial charge on any atom is 0.354 e. The first-order valence-electron chi connectivity index (χ1n) is 9.73. The van der Waals surface area contributed by atoms with Gasteiger partial charge in [0.1, 0.15) is 5.82 Å². The van der Waals surface area contributed by atoms with Crippen LogP contribution < -0.4 is 4.90 Å². The maximum absolute atomic E-state index is 12.3. The lowest BCUT2D eigenvalue weighted by Gasteiger charge is -2.30. The van der Waals surface area contributed by atoms with Crippen LogP contribution >= 0.6 is 0 Å². The summed E-state index contributed by atoms with van der Waals surface area (Å²) in [7, 11) is 0. The molecule has 158 valence electrons. The van der Waals surface area contributed by atoms with Crippen molar-refractivity contribution in [2.45, 2.75) is 19.9 Å². The molecule has 4 rings (SSSR count). The van der Waals surface area contributed by atoms with E-state index in [1.54, 1.807) is 13.0 Å². The molecule has 2 aromatic rings. The van der Waals surface area contributed by atoms with Crippen LogP contribution in [-0.2, 0) is 9.59 Å². The van der Waals surface area contributed by atoms with Gasteiger partial charge in [0.05, 0.1) is 6.04 Å². The molecule has 30 heavy (non-hydrogen) atoms. The Bertz CT molecular complexity index is 948. The van der Waals surface area contributed by atoms with Crippen molar-refractivity contribution >= 4 is 24.2 Å². The minimum atomic E-state index is -1.02. The van der Waals surface area contributed by atoms with Gasteiger partial charge in [-0.3, -0.25) is 9.59 Å². The Hall–Kier alpha value is -3.42. The average molecular weight is 411 g/mol. The first-order chi connectivity index (χ1) is 14.4. The van der Waals surface area contributed by atoms with E-state index in [2.05, 4.69) is 28.9 Å². The fraction of sp³-hybridized carbons (Fsp3) is 0.364. The molecule has 8 nitrogen and oxygen atoms in total. The molecule has 3 heterocycles. The molecule has 2 fully saturated rings. The number of nitrogens with zero attached hydrogens (tertiary/aromatic N) is 3. The van der Waals surface area contributed by atoms with Gasteiger partial charge in [-0.1, -0.05) is 30.3 Å². The number of carbonyl (C=O) groups excluding carboxylic acids is 1. The minimum Gasteiger partial charge on any atom is -0.483 e. The van der Waals surface area contributed by atoms with Gasteiger partial charge in [-0.2, -0.15) is 0 Å². The lowest BCUT2D eigenvalue weighted by Crippen LogP contribution is -2.34. The van der Waals surface area contributed by atoms with E-state index in [9.17, 15) is 14.7 Å². The Morgan fingerprint density at radius 1 is 1.10 bits per heavy atom. The fourth-order valence-electron chi connectivity index (χ4n) is 4.59. The van der Waals surface area contributed by atoms with Crippen molar-refractivity contribution < 1.29 is 24.6 Å². The number of carbonyl (C=O) groups is 3. The standard InChI is InChI=1S/C21H23N3O3.CH2O2/c1-13-6-3-4-7-16(13)20-17-12-23(10-15(17)11-24(20)14(2)25)19-9-5-8-18(22-19)21(26)27;2-1-3/h3-9,15,17,20H,10-12H2,1-2H3,(H,26,27);1H,(H,2,3)/t15-,17-,20-;/m1./s1.